The predicted molar refractivity (Wildman–Crippen MR) is 78.4 cm³/mol. The van der Waals surface area contributed by atoms with Crippen molar-refractivity contribution in [1.29, 1.82) is 0 Å². The summed E-state index contributed by atoms with van der Waals surface area (Å²) < 4.78 is 5.29. The molecule has 1 aromatic carbocycles. The molecular weight excluding hydrogens is 275 g/mol. The van der Waals surface area contributed by atoms with Crippen molar-refractivity contribution >= 4 is 42.0 Å². The molecule has 4 nitrogen and oxygen atoms in total. The number of hydrogen-bond acceptors (Lipinski definition) is 4. The fraction of sp³-hybridized carbons (Fsp3) is 0.417. The van der Waals surface area contributed by atoms with Crippen LogP contribution < -0.4 is 10.6 Å². The van der Waals surface area contributed by atoms with Crippen LogP contribution in [0.5, 0.6) is 0 Å². The Bertz CT molecular complexity index is 407. The van der Waals surface area contributed by atoms with Gasteiger partial charge >= 0.3 is 0 Å². The molecule has 2 rings (SSSR count). The standard InChI is InChI=1S/C12H16N2O2.2ClH/c1-9(15)11-3-2-10(8-12(11)13)14-4-6-16-7-5-14;;/h2-3,8H,4-7,13H2,1H3;2*1H. The molecule has 1 aromatic rings. The second kappa shape index (κ2) is 7.46. The molecule has 0 atom stereocenters. The molecule has 1 fully saturated rings. The quantitative estimate of drug-likeness (QED) is 0.670. The topological polar surface area (TPSA) is 55.6 Å². The van der Waals surface area contributed by atoms with E-state index in [1.165, 1.54) is 6.92 Å². The van der Waals surface area contributed by atoms with E-state index in [0.29, 0.717) is 11.3 Å². The third-order valence-electron chi connectivity index (χ3n) is 2.79. The maximum Gasteiger partial charge on any atom is 0.161 e. The first-order chi connectivity index (χ1) is 7.68. The number of carbonyl (C=O) groups is 1. The van der Waals surface area contributed by atoms with Crippen LogP contribution in [0.15, 0.2) is 18.2 Å². The number of Topliss-reactive ketones (excluding diaryl/α,β-unsaturated/α-hetero) is 1. The first kappa shape index (κ1) is 17.0. The number of morpholine rings is 1. The second-order valence-corrected chi connectivity index (χ2v) is 3.93. The van der Waals surface area contributed by atoms with Gasteiger partial charge in [0.1, 0.15) is 0 Å². The third kappa shape index (κ3) is 3.77. The number of ketones is 1. The maximum atomic E-state index is 11.2. The molecule has 0 radical (unpaired) electrons. The van der Waals surface area contributed by atoms with Gasteiger partial charge in [-0.05, 0) is 25.1 Å². The number of nitrogens with zero attached hydrogens (tertiary/aromatic N) is 1. The Balaban J connectivity index is 0.00000144. The lowest BCUT2D eigenvalue weighted by molar-refractivity contribution is 0.101. The van der Waals surface area contributed by atoms with Crippen LogP contribution in [0.2, 0.25) is 0 Å². The van der Waals surface area contributed by atoms with Crippen LogP contribution in [0.1, 0.15) is 17.3 Å². The molecule has 0 aliphatic carbocycles. The fourth-order valence-electron chi connectivity index (χ4n) is 1.89. The minimum absolute atomic E-state index is 0. The van der Waals surface area contributed by atoms with Crippen molar-refractivity contribution in [2.75, 3.05) is 36.9 Å². The van der Waals surface area contributed by atoms with E-state index in [1.807, 2.05) is 12.1 Å². The average molecular weight is 293 g/mol. The summed E-state index contributed by atoms with van der Waals surface area (Å²) in [6.07, 6.45) is 0. The van der Waals surface area contributed by atoms with Gasteiger partial charge < -0.3 is 15.4 Å². The van der Waals surface area contributed by atoms with Crippen LogP contribution >= 0.6 is 24.8 Å². The van der Waals surface area contributed by atoms with Crippen molar-refractivity contribution in [2.24, 2.45) is 0 Å². The molecule has 6 heteroatoms. The average Bonchev–Trinajstić information content (AvgIpc) is 2.29. The lowest BCUT2D eigenvalue weighted by atomic mass is 10.1. The zero-order valence-electron chi connectivity index (χ0n) is 10.2. The third-order valence-corrected chi connectivity index (χ3v) is 2.79. The van der Waals surface area contributed by atoms with Gasteiger partial charge in [0.2, 0.25) is 0 Å². The summed E-state index contributed by atoms with van der Waals surface area (Å²) in [5, 5.41) is 0. The summed E-state index contributed by atoms with van der Waals surface area (Å²) in [6.45, 7) is 4.76. The van der Waals surface area contributed by atoms with E-state index in [0.717, 1.165) is 32.0 Å². The number of nitrogen functional groups attached to an aromatic ring is 1. The molecule has 0 aromatic heterocycles. The molecule has 1 saturated heterocycles. The summed E-state index contributed by atoms with van der Waals surface area (Å²) >= 11 is 0. The van der Waals surface area contributed by atoms with E-state index in [9.17, 15) is 4.79 Å². The van der Waals surface area contributed by atoms with Crippen molar-refractivity contribution in [2.45, 2.75) is 6.92 Å². The smallest absolute Gasteiger partial charge is 0.161 e. The Labute approximate surface area is 119 Å². The van der Waals surface area contributed by atoms with E-state index in [2.05, 4.69) is 4.90 Å². The first-order valence-corrected chi connectivity index (χ1v) is 5.41. The molecule has 0 bridgehead atoms. The largest absolute Gasteiger partial charge is 0.398 e. The summed E-state index contributed by atoms with van der Waals surface area (Å²) in [6, 6.07) is 5.60. The molecule has 102 valence electrons. The van der Waals surface area contributed by atoms with Gasteiger partial charge in [-0.25, -0.2) is 0 Å². The van der Waals surface area contributed by atoms with Crippen LogP contribution in [-0.4, -0.2) is 32.1 Å². The monoisotopic (exact) mass is 292 g/mol. The van der Waals surface area contributed by atoms with E-state index in [-0.39, 0.29) is 30.6 Å². The highest BCUT2D eigenvalue weighted by Gasteiger charge is 2.13. The highest BCUT2D eigenvalue weighted by Crippen LogP contribution is 2.22. The van der Waals surface area contributed by atoms with Crippen LogP contribution in [0.25, 0.3) is 0 Å². The van der Waals surface area contributed by atoms with Crippen LogP contribution in [0, 0.1) is 0 Å². The Morgan fingerprint density at radius 1 is 1.28 bits per heavy atom. The zero-order chi connectivity index (χ0) is 11.5. The molecule has 1 aliphatic heterocycles. The predicted octanol–water partition coefficient (Wildman–Crippen LogP) is 2.15. The van der Waals surface area contributed by atoms with Gasteiger partial charge in [0.15, 0.2) is 5.78 Å². The molecule has 1 aliphatic rings. The van der Waals surface area contributed by atoms with Crippen molar-refractivity contribution in [3.05, 3.63) is 23.8 Å². The molecule has 0 saturated carbocycles. The molecule has 18 heavy (non-hydrogen) atoms. The van der Waals surface area contributed by atoms with E-state index >= 15 is 0 Å². The van der Waals surface area contributed by atoms with Crippen molar-refractivity contribution in [3.8, 4) is 0 Å². The highest BCUT2D eigenvalue weighted by atomic mass is 35.5. The first-order valence-electron chi connectivity index (χ1n) is 5.41. The van der Waals surface area contributed by atoms with Gasteiger partial charge in [-0.3, -0.25) is 4.79 Å². The van der Waals surface area contributed by atoms with Crippen LogP contribution in [0.3, 0.4) is 0 Å². The van der Waals surface area contributed by atoms with E-state index in [1.54, 1.807) is 6.07 Å². The van der Waals surface area contributed by atoms with Gasteiger partial charge in [-0.15, -0.1) is 24.8 Å². The lowest BCUT2D eigenvalue weighted by Crippen LogP contribution is -2.36. The number of hydrogen-bond donors (Lipinski definition) is 1. The van der Waals surface area contributed by atoms with Gasteiger partial charge in [-0.1, -0.05) is 0 Å². The number of halogens is 2. The van der Waals surface area contributed by atoms with E-state index < -0.39 is 0 Å². The second-order valence-electron chi connectivity index (χ2n) is 3.93. The lowest BCUT2D eigenvalue weighted by Gasteiger charge is -2.29. The molecule has 0 unspecified atom stereocenters. The van der Waals surface area contributed by atoms with Crippen molar-refractivity contribution < 1.29 is 9.53 Å². The van der Waals surface area contributed by atoms with Crippen molar-refractivity contribution in [3.63, 3.8) is 0 Å². The zero-order valence-corrected chi connectivity index (χ0v) is 11.9. The van der Waals surface area contributed by atoms with Crippen molar-refractivity contribution in [1.82, 2.24) is 0 Å². The Hall–Kier alpha value is -0.970. The molecule has 0 amide bonds. The minimum Gasteiger partial charge on any atom is -0.398 e. The molecule has 0 spiro atoms. The number of benzene rings is 1. The normalized spacial score (nSPS) is 14.4. The summed E-state index contributed by atoms with van der Waals surface area (Å²) in [4.78, 5) is 13.5. The molecular formula is C12H18Cl2N2O2. The summed E-state index contributed by atoms with van der Waals surface area (Å²) in [5.41, 5.74) is 8.06. The molecule has 1 heterocycles. The SMILES string of the molecule is CC(=O)c1ccc(N2CCOCC2)cc1N.Cl.Cl. The fourth-order valence-corrected chi connectivity index (χ4v) is 1.89. The Morgan fingerprint density at radius 2 is 1.89 bits per heavy atom. The number of rotatable bonds is 2. The van der Waals surface area contributed by atoms with Gasteiger partial charge in [-0.2, -0.15) is 0 Å². The van der Waals surface area contributed by atoms with Gasteiger partial charge in [0.05, 0.1) is 13.2 Å². The van der Waals surface area contributed by atoms with Crippen LogP contribution in [-0.2, 0) is 4.74 Å². The number of ether oxygens (including phenoxy) is 1. The van der Waals surface area contributed by atoms with Gasteiger partial charge in [0, 0.05) is 30.0 Å². The summed E-state index contributed by atoms with van der Waals surface area (Å²) in [7, 11) is 0. The number of nitrogens with two attached hydrogens (primary N) is 1. The maximum absolute atomic E-state index is 11.2. The number of carbonyl (C=O) groups excluding carboxylic acids is 1. The highest BCUT2D eigenvalue weighted by molar-refractivity contribution is 5.99. The van der Waals surface area contributed by atoms with Crippen LogP contribution in [0.4, 0.5) is 11.4 Å². The summed E-state index contributed by atoms with van der Waals surface area (Å²) in [5.74, 6) is 0.00558. The number of anilines is 2. The Morgan fingerprint density at radius 3 is 2.39 bits per heavy atom. The van der Waals surface area contributed by atoms with E-state index in [4.69, 9.17) is 10.5 Å². The molecule has 2 N–H and O–H groups in total. The van der Waals surface area contributed by atoms with Gasteiger partial charge in [0.25, 0.3) is 0 Å². The Kier molecular flexibility index (Phi) is 7.06. The minimum atomic E-state index is 0.